The van der Waals surface area contributed by atoms with Gasteiger partial charge in [-0.3, -0.25) is 9.00 Å². The molecule has 1 heterocycles. The van der Waals surface area contributed by atoms with E-state index in [1.807, 2.05) is 20.8 Å². The molecule has 0 aromatic carbocycles. The summed E-state index contributed by atoms with van der Waals surface area (Å²) in [5.74, 6) is 4.67. The predicted molar refractivity (Wildman–Crippen MR) is 68.2 cm³/mol. The molecule has 1 N–H and O–H groups in total. The normalized spacial score (nSPS) is 36.0. The van der Waals surface area contributed by atoms with Gasteiger partial charge in [-0.05, 0) is 28.2 Å². The van der Waals surface area contributed by atoms with Crippen molar-refractivity contribution in [1.82, 2.24) is 0 Å². The summed E-state index contributed by atoms with van der Waals surface area (Å²) < 4.78 is 11.8. The first-order valence-corrected chi connectivity index (χ1v) is 7.68. The van der Waals surface area contributed by atoms with Crippen LogP contribution in [0.4, 0.5) is 0 Å². The molecule has 0 saturated carbocycles. The molecular formula is C12H22O3S. The lowest BCUT2D eigenvalue weighted by Crippen LogP contribution is -2.47. The van der Waals surface area contributed by atoms with E-state index in [1.54, 1.807) is 0 Å². The Bertz CT molecular complexity index is 360. The van der Waals surface area contributed by atoms with Gasteiger partial charge in [0.15, 0.2) is 0 Å². The minimum absolute atomic E-state index is 0.0809. The average molecular weight is 246 g/mol. The number of ketones is 1. The summed E-state index contributed by atoms with van der Waals surface area (Å²) in [6, 6.07) is 0. The second-order valence-corrected chi connectivity index (χ2v) is 8.64. The number of carbonyl (C=O) groups excluding carboxylic acids is 1. The van der Waals surface area contributed by atoms with E-state index < -0.39 is 20.4 Å². The number of rotatable bonds is 2. The molecule has 0 atom stereocenters. The van der Waals surface area contributed by atoms with Crippen LogP contribution in [-0.4, -0.2) is 39.1 Å². The molecular weight excluding hydrogens is 224 g/mol. The average Bonchev–Trinajstić information content (AvgIpc) is 2.17. The smallest absolute Gasteiger partial charge is 0.146 e. The van der Waals surface area contributed by atoms with E-state index in [4.69, 9.17) is 0 Å². The van der Waals surface area contributed by atoms with E-state index in [9.17, 15) is 14.1 Å². The molecule has 1 rings (SSSR count). The van der Waals surface area contributed by atoms with Crippen molar-refractivity contribution in [2.24, 2.45) is 10.8 Å². The van der Waals surface area contributed by atoms with Gasteiger partial charge in [0, 0.05) is 16.9 Å². The van der Waals surface area contributed by atoms with Gasteiger partial charge >= 0.3 is 0 Å². The Morgan fingerprint density at radius 2 is 1.81 bits per heavy atom. The van der Waals surface area contributed by atoms with Crippen molar-refractivity contribution < 1.29 is 14.1 Å². The quantitative estimate of drug-likeness (QED) is 0.742. The second-order valence-electron chi connectivity index (χ2n) is 5.89. The first-order chi connectivity index (χ1) is 7.13. The van der Waals surface area contributed by atoms with E-state index >= 15 is 0 Å². The standard InChI is InChI=1S/C12H22O3S/c1-11(2,3)10(14)12(9-13)5-7-16(4,15)8-6-12/h13H,4-9H2,1-3H3. The molecule has 94 valence electrons. The zero-order chi connectivity index (χ0) is 12.6. The highest BCUT2D eigenvalue weighted by Crippen LogP contribution is 2.38. The summed E-state index contributed by atoms with van der Waals surface area (Å²) in [4.78, 5) is 12.3. The van der Waals surface area contributed by atoms with Crippen LogP contribution in [-0.2, 0) is 14.3 Å². The molecule has 1 aliphatic rings. The molecule has 1 saturated heterocycles. The molecule has 0 unspecified atom stereocenters. The molecule has 4 heteroatoms. The molecule has 16 heavy (non-hydrogen) atoms. The maximum Gasteiger partial charge on any atom is 0.146 e. The van der Waals surface area contributed by atoms with Crippen LogP contribution in [0.3, 0.4) is 0 Å². The number of aliphatic hydroxyl groups is 1. The van der Waals surface area contributed by atoms with Crippen LogP contribution >= 0.6 is 0 Å². The third-order valence-corrected chi connectivity index (χ3v) is 5.27. The fraction of sp³-hybridized carbons (Fsp3) is 0.833. The number of hydrogen-bond acceptors (Lipinski definition) is 3. The van der Waals surface area contributed by atoms with Gasteiger partial charge in [-0.15, -0.1) is 0 Å². The van der Waals surface area contributed by atoms with Crippen LogP contribution < -0.4 is 0 Å². The van der Waals surface area contributed by atoms with E-state index in [1.165, 1.54) is 0 Å². The zero-order valence-electron chi connectivity index (χ0n) is 10.4. The molecule has 0 aromatic rings. The fourth-order valence-electron chi connectivity index (χ4n) is 2.24. The van der Waals surface area contributed by atoms with Crippen molar-refractivity contribution in [3.05, 3.63) is 0 Å². The largest absolute Gasteiger partial charge is 0.395 e. The van der Waals surface area contributed by atoms with Gasteiger partial charge in [-0.2, -0.15) is 0 Å². The van der Waals surface area contributed by atoms with Crippen molar-refractivity contribution in [1.29, 1.82) is 0 Å². The van der Waals surface area contributed by atoms with Crippen molar-refractivity contribution in [3.63, 3.8) is 0 Å². The van der Waals surface area contributed by atoms with Crippen molar-refractivity contribution in [2.45, 2.75) is 33.6 Å². The highest BCUT2D eigenvalue weighted by atomic mass is 32.2. The summed E-state index contributed by atoms with van der Waals surface area (Å²) in [5, 5.41) is 9.51. The zero-order valence-corrected chi connectivity index (χ0v) is 11.2. The van der Waals surface area contributed by atoms with Gasteiger partial charge in [0.25, 0.3) is 0 Å². The Balaban J connectivity index is 2.94. The SMILES string of the molecule is C=S1(=O)CCC(CO)(C(=O)C(C)(C)C)CC1. The van der Waals surface area contributed by atoms with Crippen molar-refractivity contribution in [3.8, 4) is 0 Å². The second kappa shape index (κ2) is 4.15. The van der Waals surface area contributed by atoms with Crippen LogP contribution in [0.2, 0.25) is 0 Å². The third-order valence-electron chi connectivity index (χ3n) is 3.37. The Labute approximate surface area is 98.2 Å². The third kappa shape index (κ3) is 2.66. The molecule has 1 fully saturated rings. The summed E-state index contributed by atoms with van der Waals surface area (Å²) in [6.07, 6.45) is 1.00. The Morgan fingerprint density at radius 3 is 2.12 bits per heavy atom. The van der Waals surface area contributed by atoms with Gasteiger partial charge in [0.2, 0.25) is 0 Å². The molecule has 0 aliphatic carbocycles. The first-order valence-electron chi connectivity index (χ1n) is 5.61. The lowest BCUT2D eigenvalue weighted by Gasteiger charge is -2.39. The van der Waals surface area contributed by atoms with Crippen LogP contribution in [0.1, 0.15) is 33.6 Å². The summed E-state index contributed by atoms with van der Waals surface area (Å²) in [6.45, 7) is 5.45. The summed E-state index contributed by atoms with van der Waals surface area (Å²) in [5.41, 5.74) is -1.14. The highest BCUT2D eigenvalue weighted by molar-refractivity contribution is 8.00. The van der Waals surface area contributed by atoms with E-state index in [2.05, 4.69) is 5.87 Å². The molecule has 3 nitrogen and oxygen atoms in total. The molecule has 0 radical (unpaired) electrons. The lowest BCUT2D eigenvalue weighted by atomic mass is 9.69. The Hall–Kier alpha value is -0.350. The number of Topliss-reactive ketones (excluding diaryl/α,β-unsaturated/α-hetero) is 1. The molecule has 0 amide bonds. The number of aliphatic hydroxyl groups excluding tert-OH is 1. The summed E-state index contributed by atoms with van der Waals surface area (Å²) in [7, 11) is -2.01. The van der Waals surface area contributed by atoms with Gasteiger partial charge in [0.05, 0.1) is 12.0 Å². The van der Waals surface area contributed by atoms with Crippen LogP contribution in [0.15, 0.2) is 0 Å². The predicted octanol–water partition coefficient (Wildman–Crippen LogP) is 1.09. The van der Waals surface area contributed by atoms with Gasteiger partial charge < -0.3 is 5.11 Å². The Morgan fingerprint density at radius 1 is 1.38 bits per heavy atom. The van der Waals surface area contributed by atoms with Crippen LogP contribution in [0.25, 0.3) is 0 Å². The maximum atomic E-state index is 12.3. The first kappa shape index (κ1) is 13.7. The summed E-state index contributed by atoms with van der Waals surface area (Å²) >= 11 is 0. The van der Waals surface area contributed by atoms with Crippen LogP contribution in [0.5, 0.6) is 0 Å². The lowest BCUT2D eigenvalue weighted by molar-refractivity contribution is -0.139. The van der Waals surface area contributed by atoms with Crippen molar-refractivity contribution >= 4 is 21.2 Å². The Kier molecular flexibility index (Phi) is 3.56. The minimum atomic E-state index is -2.01. The molecule has 0 bridgehead atoms. The van der Waals surface area contributed by atoms with Crippen LogP contribution in [0, 0.1) is 10.8 Å². The number of carbonyl (C=O) groups is 1. The molecule has 1 aliphatic heterocycles. The topological polar surface area (TPSA) is 54.4 Å². The minimum Gasteiger partial charge on any atom is -0.395 e. The van der Waals surface area contributed by atoms with Gasteiger partial charge in [-0.25, -0.2) is 0 Å². The molecule has 0 spiro atoms. The van der Waals surface area contributed by atoms with E-state index in [0.717, 1.165) is 0 Å². The van der Waals surface area contributed by atoms with E-state index in [-0.39, 0.29) is 12.4 Å². The fourth-order valence-corrected chi connectivity index (χ4v) is 3.97. The molecule has 0 aromatic heterocycles. The van der Waals surface area contributed by atoms with E-state index in [0.29, 0.717) is 24.3 Å². The highest BCUT2D eigenvalue weighted by Gasteiger charge is 2.45. The van der Waals surface area contributed by atoms with Crippen molar-refractivity contribution in [2.75, 3.05) is 18.1 Å². The number of hydrogen-bond donors (Lipinski definition) is 1. The maximum absolute atomic E-state index is 12.3. The van der Waals surface area contributed by atoms with Gasteiger partial charge in [0.1, 0.15) is 5.78 Å². The van der Waals surface area contributed by atoms with Gasteiger partial charge in [-0.1, -0.05) is 20.8 Å². The monoisotopic (exact) mass is 246 g/mol.